The Morgan fingerprint density at radius 3 is 2.25 bits per heavy atom. The van der Waals surface area contributed by atoms with E-state index in [9.17, 15) is 0 Å². The van der Waals surface area contributed by atoms with Crippen LogP contribution in [-0.4, -0.2) is 13.8 Å². The Kier molecular flexibility index (Phi) is 2.47. The summed E-state index contributed by atoms with van der Waals surface area (Å²) >= 11 is 0. The molecule has 0 fully saturated rings. The summed E-state index contributed by atoms with van der Waals surface area (Å²) < 4.78 is 0. The van der Waals surface area contributed by atoms with Crippen LogP contribution in [0.1, 0.15) is 0 Å². The quantitative estimate of drug-likeness (QED) is 0.401. The Balaban J connectivity index is 4.03. The Morgan fingerprint density at radius 1 is 1.62 bits per heavy atom. The molecule has 0 bridgehead atoms. The van der Waals surface area contributed by atoms with E-state index in [1.807, 2.05) is 0 Å². The highest BCUT2D eigenvalue weighted by atomic mass is 15.0. The SMILES string of the molecule is C=N/C(N)=C(/N)NC. The Labute approximate surface area is 48.3 Å². The maximum Gasteiger partial charge on any atom is 0.163 e. The maximum atomic E-state index is 5.24. The van der Waals surface area contributed by atoms with Crippen molar-refractivity contribution in [2.45, 2.75) is 0 Å². The molecule has 0 aromatic carbocycles. The fourth-order valence-electron chi connectivity index (χ4n) is 0.213. The van der Waals surface area contributed by atoms with Gasteiger partial charge in [0, 0.05) is 7.05 Å². The largest absolute Gasteiger partial charge is 0.382 e. The van der Waals surface area contributed by atoms with Crippen molar-refractivity contribution in [2.24, 2.45) is 16.5 Å². The van der Waals surface area contributed by atoms with Crippen LogP contribution in [0.15, 0.2) is 16.6 Å². The summed E-state index contributed by atoms with van der Waals surface area (Å²) in [6.45, 7) is 3.18. The second-order valence-corrected chi connectivity index (χ2v) is 1.21. The van der Waals surface area contributed by atoms with E-state index in [-0.39, 0.29) is 5.82 Å². The summed E-state index contributed by atoms with van der Waals surface area (Å²) in [5.74, 6) is 0.576. The van der Waals surface area contributed by atoms with Gasteiger partial charge in [0.1, 0.15) is 5.82 Å². The van der Waals surface area contributed by atoms with Gasteiger partial charge in [-0.3, -0.25) is 0 Å². The third-order valence-corrected chi connectivity index (χ3v) is 0.716. The van der Waals surface area contributed by atoms with Gasteiger partial charge >= 0.3 is 0 Å². The molecule has 0 unspecified atom stereocenters. The highest BCUT2D eigenvalue weighted by Crippen LogP contribution is 1.83. The molecule has 0 aromatic heterocycles. The molecule has 0 amide bonds. The third kappa shape index (κ3) is 1.51. The summed E-state index contributed by atoms with van der Waals surface area (Å²) in [4.78, 5) is 3.38. The molecule has 0 aliphatic heterocycles. The number of hydrogen-bond acceptors (Lipinski definition) is 4. The molecule has 0 aromatic rings. The number of rotatable bonds is 2. The van der Waals surface area contributed by atoms with Crippen LogP contribution in [0.2, 0.25) is 0 Å². The van der Waals surface area contributed by atoms with Gasteiger partial charge in [0.05, 0.1) is 0 Å². The number of hydrogen-bond donors (Lipinski definition) is 3. The lowest BCUT2D eigenvalue weighted by Crippen LogP contribution is -2.20. The minimum atomic E-state index is 0.229. The number of aliphatic imine (C=N–C) groups is 1. The standard InChI is InChI=1S/C4H10N4/c1-7-3(5)4(6)8-2/h8H,1,5-6H2,2H3/b4-3-. The lowest BCUT2D eigenvalue weighted by molar-refractivity contribution is 0.919. The van der Waals surface area contributed by atoms with Crippen LogP contribution in [0.5, 0.6) is 0 Å². The summed E-state index contributed by atoms with van der Waals surface area (Å²) in [7, 11) is 1.66. The molecule has 0 atom stereocenters. The van der Waals surface area contributed by atoms with E-state index in [0.29, 0.717) is 5.82 Å². The molecule has 0 saturated carbocycles. The number of nitrogens with zero attached hydrogens (tertiary/aromatic N) is 1. The van der Waals surface area contributed by atoms with E-state index >= 15 is 0 Å². The molecule has 5 N–H and O–H groups in total. The first-order valence-electron chi connectivity index (χ1n) is 2.12. The highest BCUT2D eigenvalue weighted by Gasteiger charge is 1.87. The van der Waals surface area contributed by atoms with Crippen molar-refractivity contribution in [3.63, 3.8) is 0 Å². The second-order valence-electron chi connectivity index (χ2n) is 1.21. The van der Waals surface area contributed by atoms with Crippen LogP contribution in [0.4, 0.5) is 0 Å². The first kappa shape index (κ1) is 6.81. The van der Waals surface area contributed by atoms with E-state index in [0.717, 1.165) is 0 Å². The first-order chi connectivity index (χ1) is 3.72. The van der Waals surface area contributed by atoms with Gasteiger partial charge in [-0.1, -0.05) is 0 Å². The first-order valence-corrected chi connectivity index (χ1v) is 2.12. The van der Waals surface area contributed by atoms with Crippen molar-refractivity contribution in [1.82, 2.24) is 5.32 Å². The van der Waals surface area contributed by atoms with Crippen molar-refractivity contribution in [1.29, 1.82) is 0 Å². The topological polar surface area (TPSA) is 76.4 Å². The third-order valence-electron chi connectivity index (χ3n) is 0.716. The summed E-state index contributed by atoms with van der Waals surface area (Å²) in [6, 6.07) is 0. The van der Waals surface area contributed by atoms with Gasteiger partial charge in [-0.05, 0) is 6.72 Å². The molecule has 4 nitrogen and oxygen atoms in total. The molecule has 0 heterocycles. The predicted octanol–water partition coefficient (Wildman–Crippen LogP) is -1.05. The average molecular weight is 114 g/mol. The van der Waals surface area contributed by atoms with E-state index in [1.54, 1.807) is 7.05 Å². The molecule has 8 heavy (non-hydrogen) atoms. The summed E-state index contributed by atoms with van der Waals surface area (Å²) in [6.07, 6.45) is 0. The van der Waals surface area contributed by atoms with E-state index in [2.05, 4.69) is 17.0 Å². The molecule has 0 spiro atoms. The van der Waals surface area contributed by atoms with Crippen LogP contribution in [0, 0.1) is 0 Å². The maximum absolute atomic E-state index is 5.24. The molecule has 0 radical (unpaired) electrons. The normalized spacial score (nSPS) is 12.1. The highest BCUT2D eigenvalue weighted by molar-refractivity contribution is 5.28. The van der Waals surface area contributed by atoms with Crippen molar-refractivity contribution in [3.8, 4) is 0 Å². The Hall–Kier alpha value is -1.19. The van der Waals surface area contributed by atoms with Crippen LogP contribution < -0.4 is 16.8 Å². The molecule has 4 heteroatoms. The van der Waals surface area contributed by atoms with Crippen molar-refractivity contribution < 1.29 is 0 Å². The van der Waals surface area contributed by atoms with Gasteiger partial charge in [0.15, 0.2) is 5.82 Å². The van der Waals surface area contributed by atoms with Gasteiger partial charge in [0.25, 0.3) is 0 Å². The Morgan fingerprint density at radius 2 is 2.12 bits per heavy atom. The van der Waals surface area contributed by atoms with Gasteiger partial charge in [-0.25, -0.2) is 4.99 Å². The lowest BCUT2D eigenvalue weighted by atomic mass is 10.6. The van der Waals surface area contributed by atoms with Gasteiger partial charge in [0.2, 0.25) is 0 Å². The monoisotopic (exact) mass is 114 g/mol. The fraction of sp³-hybridized carbons (Fsp3) is 0.250. The van der Waals surface area contributed by atoms with Crippen molar-refractivity contribution >= 4 is 6.72 Å². The van der Waals surface area contributed by atoms with Gasteiger partial charge < -0.3 is 16.8 Å². The van der Waals surface area contributed by atoms with Crippen LogP contribution in [0.3, 0.4) is 0 Å². The number of nitrogens with one attached hydrogen (secondary N) is 1. The van der Waals surface area contributed by atoms with Crippen molar-refractivity contribution in [2.75, 3.05) is 7.05 Å². The minimum absolute atomic E-state index is 0.229. The summed E-state index contributed by atoms with van der Waals surface area (Å²) in [5, 5.41) is 2.61. The fourth-order valence-corrected chi connectivity index (χ4v) is 0.213. The lowest BCUT2D eigenvalue weighted by Gasteiger charge is -1.98. The molecule has 0 aliphatic carbocycles. The summed E-state index contributed by atoms with van der Waals surface area (Å²) in [5.41, 5.74) is 10.4. The van der Waals surface area contributed by atoms with E-state index in [4.69, 9.17) is 11.5 Å². The molecule has 0 rings (SSSR count). The molecular weight excluding hydrogens is 104 g/mol. The zero-order valence-corrected chi connectivity index (χ0v) is 4.81. The van der Waals surface area contributed by atoms with Crippen molar-refractivity contribution in [3.05, 3.63) is 11.6 Å². The average Bonchev–Trinajstić information content (AvgIpc) is 1.84. The second kappa shape index (κ2) is 2.90. The van der Waals surface area contributed by atoms with Gasteiger partial charge in [-0.15, -0.1) is 0 Å². The zero-order valence-electron chi connectivity index (χ0n) is 4.81. The van der Waals surface area contributed by atoms with Crippen LogP contribution >= 0.6 is 0 Å². The minimum Gasteiger partial charge on any atom is -0.382 e. The van der Waals surface area contributed by atoms with Crippen LogP contribution in [-0.2, 0) is 0 Å². The molecule has 0 aliphatic rings. The van der Waals surface area contributed by atoms with E-state index in [1.165, 1.54) is 0 Å². The zero-order chi connectivity index (χ0) is 6.57. The van der Waals surface area contributed by atoms with E-state index < -0.39 is 0 Å². The predicted molar refractivity (Wildman–Crippen MR) is 34.0 cm³/mol. The van der Waals surface area contributed by atoms with Crippen LogP contribution in [0.25, 0.3) is 0 Å². The molecular formula is C4H10N4. The number of nitrogens with two attached hydrogens (primary N) is 2. The smallest absolute Gasteiger partial charge is 0.163 e. The van der Waals surface area contributed by atoms with Gasteiger partial charge in [-0.2, -0.15) is 0 Å². The molecule has 46 valence electrons. The molecule has 0 saturated heterocycles. The Bertz CT molecular complexity index is 115.